The average molecular weight is 386 g/mol. The monoisotopic (exact) mass is 385 g/mol. The molecule has 1 amide bonds. The van der Waals surface area contributed by atoms with Crippen LogP contribution in [-0.4, -0.2) is 28.2 Å². The summed E-state index contributed by atoms with van der Waals surface area (Å²) < 4.78 is 38.0. The van der Waals surface area contributed by atoms with Gasteiger partial charge in [-0.05, 0) is 19.1 Å². The molecule has 0 aliphatic heterocycles. The minimum Gasteiger partial charge on any atom is -0.356 e. The van der Waals surface area contributed by atoms with E-state index in [1.165, 1.54) is 25.3 Å². The predicted octanol–water partition coefficient (Wildman–Crippen LogP) is 3.98. The van der Waals surface area contributed by atoms with Gasteiger partial charge in [0.2, 0.25) is 0 Å². The Bertz CT molecular complexity index is 846. The van der Waals surface area contributed by atoms with Gasteiger partial charge in [-0.3, -0.25) is 14.6 Å². The molecule has 0 unspecified atom stereocenters. The number of carbonyl (C=O) groups is 2. The molecule has 2 N–H and O–H groups in total. The molecule has 0 spiro atoms. The number of pyridine rings is 1. The van der Waals surface area contributed by atoms with Gasteiger partial charge < -0.3 is 10.3 Å². The second kappa shape index (κ2) is 7.74. The molecule has 9 heteroatoms. The zero-order valence-electron chi connectivity index (χ0n) is 13.7. The van der Waals surface area contributed by atoms with Gasteiger partial charge in [-0.2, -0.15) is 13.2 Å². The molecule has 1 atom stereocenters. The van der Waals surface area contributed by atoms with Crippen molar-refractivity contribution in [1.82, 2.24) is 15.3 Å². The van der Waals surface area contributed by atoms with Crippen LogP contribution >= 0.6 is 11.6 Å². The van der Waals surface area contributed by atoms with Gasteiger partial charge in [0, 0.05) is 24.5 Å². The molecule has 0 saturated carbocycles. The van der Waals surface area contributed by atoms with Crippen molar-refractivity contribution in [2.75, 3.05) is 6.54 Å². The summed E-state index contributed by atoms with van der Waals surface area (Å²) in [7, 11) is 0. The molecule has 5 nitrogen and oxygen atoms in total. The number of H-pyrrole nitrogens is 1. The number of amides is 1. The Morgan fingerprint density at radius 2 is 2.12 bits per heavy atom. The number of nitrogens with zero attached hydrogens (tertiary/aromatic N) is 1. The minimum absolute atomic E-state index is 0.0310. The standard InChI is InChI=1S/C17H15ClF3N3O2/c1-3-4-22-16(26)13-5-10(7-23-13)15(25)9(2)14-12(18)6-11(8-24-14)17(19,20)21/h3,5-9,23H,1,4H2,2H3,(H,22,26)/t9-/m0/s1. The van der Waals surface area contributed by atoms with E-state index in [2.05, 4.69) is 21.9 Å². The SMILES string of the molecule is C=CCNC(=O)c1cc(C(=O)[C@@H](C)c2ncc(C(F)(F)F)cc2Cl)c[nH]1. The number of Topliss-reactive ketones (excluding diaryl/α,β-unsaturated/α-hetero) is 1. The highest BCUT2D eigenvalue weighted by molar-refractivity contribution is 6.31. The largest absolute Gasteiger partial charge is 0.417 e. The van der Waals surface area contributed by atoms with Gasteiger partial charge in [0.1, 0.15) is 5.69 Å². The number of halogens is 4. The first kappa shape index (κ1) is 19.7. The summed E-state index contributed by atoms with van der Waals surface area (Å²) in [4.78, 5) is 30.7. The molecule has 2 aromatic rings. The molecule has 26 heavy (non-hydrogen) atoms. The highest BCUT2D eigenvalue weighted by Gasteiger charge is 2.32. The van der Waals surface area contributed by atoms with E-state index < -0.39 is 29.3 Å². The first-order valence-electron chi connectivity index (χ1n) is 7.49. The number of aromatic amines is 1. The Kier molecular flexibility index (Phi) is 5.86. The molecule has 0 saturated heterocycles. The van der Waals surface area contributed by atoms with Crippen LogP contribution in [-0.2, 0) is 6.18 Å². The second-order valence-electron chi connectivity index (χ2n) is 5.48. The Hall–Kier alpha value is -2.61. The normalized spacial score (nSPS) is 12.5. The van der Waals surface area contributed by atoms with Crippen molar-refractivity contribution < 1.29 is 22.8 Å². The van der Waals surface area contributed by atoms with Crippen LogP contribution in [0.1, 0.15) is 44.9 Å². The van der Waals surface area contributed by atoms with Crippen molar-refractivity contribution in [3.63, 3.8) is 0 Å². The highest BCUT2D eigenvalue weighted by Crippen LogP contribution is 2.33. The number of hydrogen-bond acceptors (Lipinski definition) is 3. The zero-order chi connectivity index (χ0) is 19.5. The van der Waals surface area contributed by atoms with E-state index in [0.717, 1.165) is 6.07 Å². The van der Waals surface area contributed by atoms with Gasteiger partial charge in [-0.15, -0.1) is 6.58 Å². The maximum atomic E-state index is 12.7. The smallest absolute Gasteiger partial charge is 0.356 e. The summed E-state index contributed by atoms with van der Waals surface area (Å²) in [5, 5.41) is 2.30. The van der Waals surface area contributed by atoms with Gasteiger partial charge in [0.05, 0.1) is 22.2 Å². The summed E-state index contributed by atoms with van der Waals surface area (Å²) in [6, 6.07) is 2.09. The van der Waals surface area contributed by atoms with E-state index in [1.807, 2.05) is 0 Å². The lowest BCUT2D eigenvalue weighted by atomic mass is 9.97. The van der Waals surface area contributed by atoms with Crippen LogP contribution in [0, 0.1) is 0 Å². The Morgan fingerprint density at radius 3 is 2.69 bits per heavy atom. The number of carbonyl (C=O) groups excluding carboxylic acids is 2. The van der Waals surface area contributed by atoms with Crippen LogP contribution in [0.25, 0.3) is 0 Å². The molecule has 2 rings (SSSR count). The Morgan fingerprint density at radius 1 is 1.42 bits per heavy atom. The van der Waals surface area contributed by atoms with Gasteiger partial charge in [0.25, 0.3) is 5.91 Å². The van der Waals surface area contributed by atoms with Crippen molar-refractivity contribution in [1.29, 1.82) is 0 Å². The Labute approximate surface area is 152 Å². The van der Waals surface area contributed by atoms with Gasteiger partial charge in [-0.1, -0.05) is 17.7 Å². The number of ketones is 1. The number of alkyl halides is 3. The van der Waals surface area contributed by atoms with Gasteiger partial charge in [0.15, 0.2) is 5.78 Å². The fourth-order valence-corrected chi connectivity index (χ4v) is 2.55. The van der Waals surface area contributed by atoms with E-state index in [9.17, 15) is 22.8 Å². The molecule has 2 heterocycles. The number of aromatic nitrogens is 2. The number of hydrogen-bond donors (Lipinski definition) is 2. The first-order valence-corrected chi connectivity index (χ1v) is 7.87. The van der Waals surface area contributed by atoms with Crippen molar-refractivity contribution in [2.45, 2.75) is 19.0 Å². The van der Waals surface area contributed by atoms with E-state index in [0.29, 0.717) is 6.20 Å². The highest BCUT2D eigenvalue weighted by atomic mass is 35.5. The average Bonchev–Trinajstić information content (AvgIpc) is 3.07. The maximum Gasteiger partial charge on any atom is 0.417 e. The molecule has 0 bridgehead atoms. The summed E-state index contributed by atoms with van der Waals surface area (Å²) in [5.74, 6) is -1.73. The molecule has 0 radical (unpaired) electrons. The molecule has 0 fully saturated rings. The zero-order valence-corrected chi connectivity index (χ0v) is 14.4. The van der Waals surface area contributed by atoms with E-state index >= 15 is 0 Å². The maximum absolute atomic E-state index is 12.7. The quantitative estimate of drug-likeness (QED) is 0.583. The predicted molar refractivity (Wildman–Crippen MR) is 90.3 cm³/mol. The molecule has 0 aliphatic rings. The molecule has 0 aromatic carbocycles. The minimum atomic E-state index is -4.57. The third-order valence-corrected chi connectivity index (χ3v) is 3.92. The molecular formula is C17H15ClF3N3O2. The summed E-state index contributed by atoms with van der Waals surface area (Å²) in [5.41, 5.74) is -0.592. The molecule has 0 aliphatic carbocycles. The van der Waals surface area contributed by atoms with E-state index in [1.54, 1.807) is 0 Å². The Balaban J connectivity index is 2.21. The third-order valence-electron chi connectivity index (χ3n) is 3.62. The fourth-order valence-electron chi connectivity index (χ4n) is 2.22. The fraction of sp³-hybridized carbons (Fsp3) is 0.235. The third kappa shape index (κ3) is 4.32. The summed E-state index contributed by atoms with van der Waals surface area (Å²) in [6.45, 7) is 5.22. The van der Waals surface area contributed by atoms with Crippen LogP contribution in [0.4, 0.5) is 13.2 Å². The van der Waals surface area contributed by atoms with Crippen LogP contribution in [0.15, 0.2) is 37.2 Å². The topological polar surface area (TPSA) is 74.8 Å². The second-order valence-corrected chi connectivity index (χ2v) is 5.88. The first-order chi connectivity index (χ1) is 12.1. The van der Waals surface area contributed by atoms with Crippen LogP contribution < -0.4 is 5.32 Å². The van der Waals surface area contributed by atoms with Crippen molar-refractivity contribution in [2.24, 2.45) is 0 Å². The van der Waals surface area contributed by atoms with Crippen LogP contribution in [0.2, 0.25) is 5.02 Å². The molecular weight excluding hydrogens is 371 g/mol. The van der Waals surface area contributed by atoms with Crippen molar-refractivity contribution in [3.05, 3.63) is 64.7 Å². The molecule has 138 valence electrons. The lowest BCUT2D eigenvalue weighted by Crippen LogP contribution is -2.23. The van der Waals surface area contributed by atoms with Gasteiger partial charge in [-0.25, -0.2) is 0 Å². The van der Waals surface area contributed by atoms with Crippen LogP contribution in [0.5, 0.6) is 0 Å². The number of nitrogens with one attached hydrogen (secondary N) is 2. The van der Waals surface area contributed by atoms with E-state index in [4.69, 9.17) is 11.6 Å². The summed E-state index contributed by atoms with van der Waals surface area (Å²) >= 11 is 5.88. The van der Waals surface area contributed by atoms with Gasteiger partial charge >= 0.3 is 6.18 Å². The van der Waals surface area contributed by atoms with Crippen LogP contribution in [0.3, 0.4) is 0 Å². The lowest BCUT2D eigenvalue weighted by Gasteiger charge is -2.13. The van der Waals surface area contributed by atoms with Crippen molar-refractivity contribution >= 4 is 23.3 Å². The van der Waals surface area contributed by atoms with Crippen molar-refractivity contribution in [3.8, 4) is 0 Å². The number of rotatable bonds is 6. The molecule has 2 aromatic heterocycles. The van der Waals surface area contributed by atoms with E-state index in [-0.39, 0.29) is 28.5 Å². The summed E-state index contributed by atoms with van der Waals surface area (Å²) in [6.07, 6.45) is -1.08. The lowest BCUT2D eigenvalue weighted by molar-refractivity contribution is -0.137.